The van der Waals surface area contributed by atoms with Crippen LogP contribution in [-0.4, -0.2) is 43.4 Å². The fourth-order valence-corrected chi connectivity index (χ4v) is 1.57. The zero-order valence-electron chi connectivity index (χ0n) is 12.6. The minimum atomic E-state index is 0.364. The second kappa shape index (κ2) is 10.4. The van der Waals surface area contributed by atoms with Crippen LogP contribution in [0.1, 0.15) is 32.5 Å². The Kier molecular flexibility index (Phi) is 8.66. The number of nitrogens with one attached hydrogen (secondary N) is 1. The third-order valence-corrected chi connectivity index (χ3v) is 2.50. The minimum Gasteiger partial charge on any atom is -0.475 e. The Morgan fingerprint density at radius 1 is 1.15 bits per heavy atom. The van der Waals surface area contributed by atoms with Gasteiger partial charge >= 0.3 is 0 Å². The van der Waals surface area contributed by atoms with Crippen molar-refractivity contribution in [1.29, 1.82) is 0 Å². The molecule has 0 aliphatic carbocycles. The number of hydrogen-bond donors (Lipinski definition) is 1. The number of rotatable bonds is 11. The smallest absolute Gasteiger partial charge is 0.218 e. The number of hydrogen-bond acceptors (Lipinski definition) is 6. The normalized spacial score (nSPS) is 10.6. The molecular weight excluding hydrogens is 258 g/mol. The van der Waals surface area contributed by atoms with Gasteiger partial charge in [-0.05, 0) is 13.3 Å². The highest BCUT2D eigenvalue weighted by atomic mass is 16.5. The van der Waals surface area contributed by atoms with Gasteiger partial charge < -0.3 is 19.5 Å². The van der Waals surface area contributed by atoms with E-state index in [4.69, 9.17) is 14.2 Å². The number of anilines is 1. The Labute approximate surface area is 120 Å². The van der Waals surface area contributed by atoms with Crippen molar-refractivity contribution in [3.63, 3.8) is 0 Å². The molecule has 0 fully saturated rings. The van der Waals surface area contributed by atoms with E-state index in [0.717, 1.165) is 31.8 Å². The quantitative estimate of drug-likeness (QED) is 0.628. The molecule has 20 heavy (non-hydrogen) atoms. The summed E-state index contributed by atoms with van der Waals surface area (Å²) in [4.78, 5) is 8.61. The summed E-state index contributed by atoms with van der Waals surface area (Å²) < 4.78 is 16.1. The molecule has 0 unspecified atom stereocenters. The monoisotopic (exact) mass is 283 g/mol. The summed E-state index contributed by atoms with van der Waals surface area (Å²) >= 11 is 0. The van der Waals surface area contributed by atoms with E-state index in [1.54, 1.807) is 13.2 Å². The maximum Gasteiger partial charge on any atom is 0.218 e. The second-order valence-corrected chi connectivity index (χ2v) is 4.29. The predicted molar refractivity (Wildman–Crippen MR) is 78.1 cm³/mol. The van der Waals surface area contributed by atoms with E-state index >= 15 is 0 Å². The fraction of sp³-hybridized carbons (Fsp3) is 0.714. The average Bonchev–Trinajstić information content (AvgIpc) is 2.43. The van der Waals surface area contributed by atoms with Crippen LogP contribution in [0.5, 0.6) is 5.88 Å². The highest BCUT2D eigenvalue weighted by Crippen LogP contribution is 2.14. The topological polar surface area (TPSA) is 65.5 Å². The largest absolute Gasteiger partial charge is 0.475 e. The van der Waals surface area contributed by atoms with Gasteiger partial charge in [0.15, 0.2) is 5.82 Å². The summed E-state index contributed by atoms with van der Waals surface area (Å²) in [7, 11) is 1.62. The molecule has 0 atom stereocenters. The summed E-state index contributed by atoms with van der Waals surface area (Å²) in [6.07, 6.45) is 2.22. The molecule has 0 saturated carbocycles. The maximum absolute atomic E-state index is 5.59. The lowest BCUT2D eigenvalue weighted by Crippen LogP contribution is -2.11. The van der Waals surface area contributed by atoms with E-state index in [9.17, 15) is 0 Å². The summed E-state index contributed by atoms with van der Waals surface area (Å²) in [5.41, 5.74) is 0. The van der Waals surface area contributed by atoms with Gasteiger partial charge in [0.05, 0.1) is 6.61 Å². The lowest BCUT2D eigenvalue weighted by molar-refractivity contribution is 0.0960. The number of aromatic nitrogens is 2. The zero-order valence-corrected chi connectivity index (χ0v) is 12.6. The average molecular weight is 283 g/mol. The van der Waals surface area contributed by atoms with Crippen molar-refractivity contribution in [3.05, 3.63) is 11.9 Å². The molecule has 0 radical (unpaired) electrons. The molecule has 0 saturated heterocycles. The first-order chi connectivity index (χ1) is 9.80. The molecule has 1 aromatic rings. The summed E-state index contributed by atoms with van der Waals surface area (Å²) in [5.74, 6) is 1.89. The first-order valence-electron chi connectivity index (χ1n) is 7.11. The minimum absolute atomic E-state index is 0.364. The van der Waals surface area contributed by atoms with Crippen molar-refractivity contribution < 1.29 is 14.2 Å². The lowest BCUT2D eigenvalue weighted by atomic mass is 10.4. The molecule has 0 aromatic carbocycles. The molecule has 0 bridgehead atoms. The predicted octanol–water partition coefficient (Wildman–Crippen LogP) is 2.25. The van der Waals surface area contributed by atoms with Gasteiger partial charge in [0.1, 0.15) is 19.0 Å². The van der Waals surface area contributed by atoms with Crippen molar-refractivity contribution >= 4 is 5.82 Å². The molecular formula is C14H25N3O3. The number of methoxy groups -OCH3 is 1. The summed E-state index contributed by atoms with van der Waals surface area (Å²) in [5, 5.41) is 3.15. The Morgan fingerprint density at radius 3 is 2.70 bits per heavy atom. The molecule has 6 nitrogen and oxygen atoms in total. The van der Waals surface area contributed by atoms with Gasteiger partial charge in [-0.3, -0.25) is 0 Å². The van der Waals surface area contributed by atoms with Crippen LogP contribution in [0, 0.1) is 0 Å². The lowest BCUT2D eigenvalue weighted by Gasteiger charge is -2.10. The Hall–Kier alpha value is -1.40. The SMILES string of the molecule is CCCCOCCOc1cc(NCC)nc(COC)n1. The van der Waals surface area contributed by atoms with Crippen molar-refractivity contribution in [3.8, 4) is 5.88 Å². The first-order valence-corrected chi connectivity index (χ1v) is 7.11. The molecule has 6 heteroatoms. The van der Waals surface area contributed by atoms with Gasteiger partial charge in [0, 0.05) is 26.3 Å². The number of unbranched alkanes of at least 4 members (excludes halogenated alkanes) is 1. The molecule has 0 aliphatic heterocycles. The molecule has 0 aliphatic rings. The molecule has 0 spiro atoms. The van der Waals surface area contributed by atoms with Crippen LogP contribution >= 0.6 is 0 Å². The van der Waals surface area contributed by atoms with Crippen molar-refractivity contribution in [1.82, 2.24) is 9.97 Å². The Balaban J connectivity index is 2.46. The molecule has 1 aromatic heterocycles. The van der Waals surface area contributed by atoms with Gasteiger partial charge in [-0.2, -0.15) is 4.98 Å². The number of ether oxygens (including phenoxy) is 3. The first kappa shape index (κ1) is 16.7. The van der Waals surface area contributed by atoms with Gasteiger partial charge in [0.2, 0.25) is 5.88 Å². The van der Waals surface area contributed by atoms with Crippen LogP contribution in [0.2, 0.25) is 0 Å². The Bertz CT molecular complexity index is 350. The van der Waals surface area contributed by atoms with Gasteiger partial charge in [0.25, 0.3) is 0 Å². The third-order valence-electron chi connectivity index (χ3n) is 2.50. The van der Waals surface area contributed by atoms with Crippen molar-refractivity contribution in [2.24, 2.45) is 0 Å². The molecule has 1 rings (SSSR count). The highest BCUT2D eigenvalue weighted by Gasteiger charge is 2.05. The molecule has 0 amide bonds. The second-order valence-electron chi connectivity index (χ2n) is 4.29. The van der Waals surface area contributed by atoms with Crippen LogP contribution in [0.25, 0.3) is 0 Å². The maximum atomic E-state index is 5.59. The third kappa shape index (κ3) is 6.68. The summed E-state index contributed by atoms with van der Waals surface area (Å²) in [6, 6.07) is 1.79. The van der Waals surface area contributed by atoms with E-state index in [0.29, 0.717) is 31.5 Å². The van der Waals surface area contributed by atoms with Gasteiger partial charge in [-0.25, -0.2) is 4.98 Å². The Morgan fingerprint density at radius 2 is 2.00 bits per heavy atom. The van der Waals surface area contributed by atoms with E-state index < -0.39 is 0 Å². The van der Waals surface area contributed by atoms with Crippen LogP contribution in [0.4, 0.5) is 5.82 Å². The standard InChI is InChI=1S/C14H25N3O3/c1-4-6-7-19-8-9-20-14-10-12(15-5-2)16-13(17-14)11-18-3/h10H,4-9,11H2,1-3H3,(H,15,16,17). The fourth-order valence-electron chi connectivity index (χ4n) is 1.57. The van der Waals surface area contributed by atoms with Crippen LogP contribution in [-0.2, 0) is 16.1 Å². The van der Waals surface area contributed by atoms with Gasteiger partial charge in [-0.15, -0.1) is 0 Å². The molecule has 1 heterocycles. The number of nitrogens with zero attached hydrogens (tertiary/aromatic N) is 2. The van der Waals surface area contributed by atoms with Gasteiger partial charge in [-0.1, -0.05) is 13.3 Å². The van der Waals surface area contributed by atoms with Crippen LogP contribution < -0.4 is 10.1 Å². The molecule has 1 N–H and O–H groups in total. The summed E-state index contributed by atoms with van der Waals surface area (Å²) in [6.45, 7) is 7.15. The van der Waals surface area contributed by atoms with Crippen LogP contribution in [0.3, 0.4) is 0 Å². The van der Waals surface area contributed by atoms with E-state index in [1.807, 2.05) is 6.92 Å². The highest BCUT2D eigenvalue weighted by molar-refractivity contribution is 5.38. The van der Waals surface area contributed by atoms with E-state index in [1.165, 1.54) is 0 Å². The van der Waals surface area contributed by atoms with Crippen LogP contribution in [0.15, 0.2) is 6.07 Å². The van der Waals surface area contributed by atoms with Crippen molar-refractivity contribution in [2.75, 3.05) is 38.8 Å². The zero-order chi connectivity index (χ0) is 14.6. The van der Waals surface area contributed by atoms with E-state index in [2.05, 4.69) is 22.2 Å². The molecule has 114 valence electrons. The van der Waals surface area contributed by atoms with E-state index in [-0.39, 0.29) is 0 Å². The van der Waals surface area contributed by atoms with Crippen molar-refractivity contribution in [2.45, 2.75) is 33.3 Å².